The largest absolute Gasteiger partial charge is 0.268 e. The number of nitrogens with one attached hydrogen (secondary N) is 1. The Morgan fingerprint density at radius 1 is 1.25 bits per heavy atom. The van der Waals surface area contributed by atoms with Crippen molar-refractivity contribution in [1.29, 1.82) is 0 Å². The topological polar surface area (TPSA) is 64.0 Å². The lowest BCUT2D eigenvalue weighted by Crippen LogP contribution is -2.28. The fourth-order valence-electron chi connectivity index (χ4n) is 2.31. The fraction of sp³-hybridized carbons (Fsp3) is 0.188. The van der Waals surface area contributed by atoms with Crippen LogP contribution in [0.25, 0.3) is 10.6 Å². The molecule has 0 saturated carbocycles. The van der Waals surface area contributed by atoms with E-state index >= 15 is 0 Å². The van der Waals surface area contributed by atoms with Crippen molar-refractivity contribution in [3.05, 3.63) is 58.0 Å². The van der Waals surface area contributed by atoms with E-state index in [1.807, 2.05) is 35.2 Å². The quantitative estimate of drug-likeness (QED) is 0.655. The Morgan fingerprint density at radius 3 is 2.75 bits per heavy atom. The van der Waals surface area contributed by atoms with Crippen molar-refractivity contribution < 1.29 is 8.42 Å². The zero-order valence-corrected chi connectivity index (χ0v) is 16.2. The van der Waals surface area contributed by atoms with E-state index < -0.39 is 10.0 Å². The highest BCUT2D eigenvalue weighted by molar-refractivity contribution is 9.10. The minimum absolute atomic E-state index is 0.237. The normalized spacial score (nSPS) is 11.8. The lowest BCUT2D eigenvalue weighted by Gasteiger charge is -2.09. The third-order valence-corrected chi connectivity index (χ3v) is 6.86. The van der Waals surface area contributed by atoms with Gasteiger partial charge in [0.1, 0.15) is 5.69 Å². The van der Waals surface area contributed by atoms with Crippen LogP contribution in [0.15, 0.2) is 57.2 Å². The first-order chi connectivity index (χ1) is 11.5. The van der Waals surface area contributed by atoms with Crippen molar-refractivity contribution in [2.45, 2.75) is 18.4 Å². The molecule has 1 aromatic carbocycles. The molecule has 1 N–H and O–H groups in total. The standard InChI is InChI=1S/C16H16BrN3O2S2/c1-12-11-14(15-6-4-10-23-15)19-20(12)9-8-18-24(21,22)16-7-3-2-5-13(16)17/h2-7,10-11,18H,8-9H2,1H3. The number of hydrogen-bond acceptors (Lipinski definition) is 4. The van der Waals surface area contributed by atoms with Gasteiger partial charge in [-0.1, -0.05) is 18.2 Å². The number of halogens is 1. The highest BCUT2D eigenvalue weighted by Gasteiger charge is 2.16. The first kappa shape index (κ1) is 17.3. The molecule has 0 unspecified atom stereocenters. The lowest BCUT2D eigenvalue weighted by molar-refractivity contribution is 0.556. The first-order valence-electron chi connectivity index (χ1n) is 7.30. The monoisotopic (exact) mass is 425 g/mol. The molecule has 0 radical (unpaired) electrons. The zero-order valence-electron chi connectivity index (χ0n) is 12.9. The molecule has 0 saturated heterocycles. The predicted molar refractivity (Wildman–Crippen MR) is 99.6 cm³/mol. The number of aromatic nitrogens is 2. The number of benzene rings is 1. The maximum Gasteiger partial charge on any atom is 0.241 e. The second-order valence-electron chi connectivity index (χ2n) is 5.20. The molecule has 5 nitrogen and oxygen atoms in total. The number of rotatable bonds is 6. The van der Waals surface area contributed by atoms with Crippen LogP contribution in [0.5, 0.6) is 0 Å². The summed E-state index contributed by atoms with van der Waals surface area (Å²) in [7, 11) is -3.55. The van der Waals surface area contributed by atoms with Crippen LogP contribution in [0.2, 0.25) is 0 Å². The highest BCUT2D eigenvalue weighted by Crippen LogP contribution is 2.24. The van der Waals surface area contributed by atoms with Gasteiger partial charge in [0.25, 0.3) is 0 Å². The van der Waals surface area contributed by atoms with Gasteiger partial charge in [-0.15, -0.1) is 11.3 Å². The summed E-state index contributed by atoms with van der Waals surface area (Å²) >= 11 is 4.90. The number of nitrogens with zero attached hydrogens (tertiary/aromatic N) is 2. The van der Waals surface area contributed by atoms with E-state index in [0.29, 0.717) is 11.0 Å². The van der Waals surface area contributed by atoms with Gasteiger partial charge in [0, 0.05) is 16.7 Å². The summed E-state index contributed by atoms with van der Waals surface area (Å²) in [6.07, 6.45) is 0. The Morgan fingerprint density at radius 2 is 2.04 bits per heavy atom. The Labute approximate surface area is 153 Å². The molecular weight excluding hydrogens is 410 g/mol. The van der Waals surface area contributed by atoms with E-state index in [1.54, 1.807) is 35.6 Å². The Hall–Kier alpha value is -1.48. The highest BCUT2D eigenvalue weighted by atomic mass is 79.9. The fourth-order valence-corrected chi connectivity index (χ4v) is 5.01. The average molecular weight is 426 g/mol. The average Bonchev–Trinajstić information content (AvgIpc) is 3.18. The molecule has 0 amide bonds. The van der Waals surface area contributed by atoms with Gasteiger partial charge in [-0.25, -0.2) is 13.1 Å². The Balaban J connectivity index is 1.68. The first-order valence-corrected chi connectivity index (χ1v) is 10.5. The van der Waals surface area contributed by atoms with E-state index in [0.717, 1.165) is 16.3 Å². The summed E-state index contributed by atoms with van der Waals surface area (Å²) in [5, 5.41) is 6.55. The van der Waals surface area contributed by atoms with Gasteiger partial charge in [-0.2, -0.15) is 5.10 Å². The molecule has 3 aromatic rings. The van der Waals surface area contributed by atoms with Crippen LogP contribution >= 0.6 is 27.3 Å². The number of thiophene rings is 1. The number of sulfonamides is 1. The van der Waals surface area contributed by atoms with Crippen molar-refractivity contribution in [2.75, 3.05) is 6.54 Å². The van der Waals surface area contributed by atoms with Crippen LogP contribution in [0, 0.1) is 6.92 Å². The summed E-state index contributed by atoms with van der Waals surface area (Å²) < 4.78 is 29.7. The summed E-state index contributed by atoms with van der Waals surface area (Å²) in [6, 6.07) is 12.8. The molecule has 0 atom stereocenters. The lowest BCUT2D eigenvalue weighted by atomic mass is 10.3. The molecule has 3 rings (SSSR count). The molecular formula is C16H16BrN3O2S2. The van der Waals surface area contributed by atoms with Crippen molar-refractivity contribution in [3.8, 4) is 10.6 Å². The second-order valence-corrected chi connectivity index (χ2v) is 8.74. The molecule has 0 aliphatic rings. The Bertz CT molecular complexity index is 934. The third kappa shape index (κ3) is 3.77. The molecule has 0 bridgehead atoms. The SMILES string of the molecule is Cc1cc(-c2cccs2)nn1CCNS(=O)(=O)c1ccccc1Br. The van der Waals surface area contributed by atoms with Gasteiger partial charge in [-0.3, -0.25) is 4.68 Å². The summed E-state index contributed by atoms with van der Waals surface area (Å²) in [5.74, 6) is 0. The van der Waals surface area contributed by atoms with E-state index in [4.69, 9.17) is 0 Å². The van der Waals surface area contributed by atoms with Gasteiger partial charge in [-0.05, 0) is 52.5 Å². The maximum atomic E-state index is 12.4. The van der Waals surface area contributed by atoms with Gasteiger partial charge in [0.2, 0.25) is 10.0 Å². The smallest absolute Gasteiger partial charge is 0.241 e. The van der Waals surface area contributed by atoms with Crippen LogP contribution < -0.4 is 4.72 Å². The predicted octanol–water partition coefficient (Wildman–Crippen LogP) is 3.66. The molecule has 8 heteroatoms. The van der Waals surface area contributed by atoms with Gasteiger partial charge in [0.05, 0.1) is 16.3 Å². The summed E-state index contributed by atoms with van der Waals surface area (Å²) in [4.78, 5) is 1.34. The van der Waals surface area contributed by atoms with Crippen LogP contribution in [0.1, 0.15) is 5.69 Å². The van der Waals surface area contributed by atoms with Crippen molar-refractivity contribution in [2.24, 2.45) is 0 Å². The maximum absolute atomic E-state index is 12.4. The van der Waals surface area contributed by atoms with Crippen molar-refractivity contribution >= 4 is 37.3 Å². The van der Waals surface area contributed by atoms with Crippen LogP contribution in [-0.2, 0) is 16.6 Å². The van der Waals surface area contributed by atoms with Crippen LogP contribution in [0.4, 0.5) is 0 Å². The molecule has 0 aliphatic heterocycles. The number of hydrogen-bond donors (Lipinski definition) is 1. The Kier molecular flexibility index (Phi) is 5.19. The third-order valence-electron chi connectivity index (χ3n) is 3.50. The van der Waals surface area contributed by atoms with Gasteiger partial charge >= 0.3 is 0 Å². The van der Waals surface area contributed by atoms with Gasteiger partial charge < -0.3 is 0 Å². The summed E-state index contributed by atoms with van der Waals surface area (Å²) in [5.41, 5.74) is 1.91. The molecule has 126 valence electrons. The number of aryl methyl sites for hydroxylation is 1. The van der Waals surface area contributed by atoms with E-state index in [9.17, 15) is 8.42 Å². The van der Waals surface area contributed by atoms with E-state index in [-0.39, 0.29) is 11.4 Å². The molecule has 0 fully saturated rings. The minimum Gasteiger partial charge on any atom is -0.268 e. The van der Waals surface area contributed by atoms with Gasteiger partial charge in [0.15, 0.2) is 0 Å². The molecule has 24 heavy (non-hydrogen) atoms. The molecule has 2 aromatic heterocycles. The molecule has 0 spiro atoms. The van der Waals surface area contributed by atoms with Crippen LogP contribution in [-0.4, -0.2) is 24.7 Å². The minimum atomic E-state index is -3.55. The van der Waals surface area contributed by atoms with E-state index in [2.05, 4.69) is 25.8 Å². The van der Waals surface area contributed by atoms with Crippen LogP contribution in [0.3, 0.4) is 0 Å². The zero-order chi connectivity index (χ0) is 17.2. The second kappa shape index (κ2) is 7.18. The van der Waals surface area contributed by atoms with E-state index in [1.165, 1.54) is 0 Å². The van der Waals surface area contributed by atoms with Crippen molar-refractivity contribution in [3.63, 3.8) is 0 Å². The van der Waals surface area contributed by atoms with Crippen molar-refractivity contribution in [1.82, 2.24) is 14.5 Å². The molecule has 0 aliphatic carbocycles. The summed E-state index contributed by atoms with van der Waals surface area (Å²) in [6.45, 7) is 2.71. The molecule has 2 heterocycles.